The second-order valence-electron chi connectivity index (χ2n) is 7.92. The number of carbonyl (C=O) groups is 1. The van der Waals surface area contributed by atoms with E-state index in [1.165, 1.54) is 12.0 Å². The molecule has 1 N–H and O–H groups in total. The predicted molar refractivity (Wildman–Crippen MR) is 115 cm³/mol. The van der Waals surface area contributed by atoms with E-state index in [2.05, 4.69) is 48.1 Å². The molecule has 29 heavy (non-hydrogen) atoms. The number of likely N-dealkylation sites (tertiary alicyclic amines) is 1. The number of amides is 1. The third kappa shape index (κ3) is 3.46. The molecule has 1 saturated heterocycles. The summed E-state index contributed by atoms with van der Waals surface area (Å²) in [6, 6.07) is 10.0. The average molecular weight is 454 g/mol. The number of fused-ring (bicyclic) bond motifs is 3. The number of pyridine rings is 1. The average Bonchev–Trinajstić information content (AvgIpc) is 3.16. The lowest BCUT2D eigenvalue weighted by Gasteiger charge is -2.38. The van der Waals surface area contributed by atoms with Gasteiger partial charge in [-0.05, 0) is 65.0 Å². The molecule has 2 aliphatic rings. The Bertz CT molecular complexity index is 1030. The minimum atomic E-state index is -0.199. The Balaban J connectivity index is 1.45. The summed E-state index contributed by atoms with van der Waals surface area (Å²) in [6.45, 7) is 3.30. The highest BCUT2D eigenvalue weighted by molar-refractivity contribution is 9.10. The first-order valence-corrected chi connectivity index (χ1v) is 11.1. The number of rotatable bonds is 3. The third-order valence-electron chi connectivity index (χ3n) is 6.14. The molecule has 2 aliphatic heterocycles. The van der Waals surface area contributed by atoms with E-state index < -0.39 is 0 Å². The monoisotopic (exact) mass is 453 g/mol. The molecule has 1 amide bonds. The van der Waals surface area contributed by atoms with Crippen LogP contribution in [0.4, 0.5) is 0 Å². The number of piperidine rings is 1. The van der Waals surface area contributed by atoms with Crippen LogP contribution in [-0.2, 0) is 17.8 Å². The van der Waals surface area contributed by atoms with Crippen LogP contribution in [0.15, 0.2) is 41.1 Å². The smallest absolute Gasteiger partial charge is 0.244 e. The molecule has 1 unspecified atom stereocenters. The molecule has 6 nitrogen and oxygen atoms in total. The molecule has 1 atom stereocenters. The van der Waals surface area contributed by atoms with Crippen molar-refractivity contribution in [3.05, 3.63) is 57.8 Å². The summed E-state index contributed by atoms with van der Waals surface area (Å²) in [6.07, 6.45) is 6.28. The van der Waals surface area contributed by atoms with Crippen LogP contribution < -0.4 is 0 Å². The lowest BCUT2D eigenvalue weighted by molar-refractivity contribution is -0.138. The molecule has 7 heteroatoms. The van der Waals surface area contributed by atoms with Crippen molar-refractivity contribution in [3.8, 4) is 0 Å². The summed E-state index contributed by atoms with van der Waals surface area (Å²) in [5, 5.41) is 8.25. The van der Waals surface area contributed by atoms with Gasteiger partial charge in [0.2, 0.25) is 5.91 Å². The van der Waals surface area contributed by atoms with Crippen molar-refractivity contribution >= 4 is 32.9 Å². The molecular weight excluding hydrogens is 430 g/mol. The van der Waals surface area contributed by atoms with E-state index in [9.17, 15) is 4.79 Å². The lowest BCUT2D eigenvalue weighted by Crippen LogP contribution is -2.46. The van der Waals surface area contributed by atoms with Crippen molar-refractivity contribution in [1.29, 1.82) is 0 Å². The summed E-state index contributed by atoms with van der Waals surface area (Å²) in [5.74, 6) is 0.204. The van der Waals surface area contributed by atoms with Crippen LogP contribution >= 0.6 is 15.9 Å². The molecule has 0 aliphatic carbocycles. The SMILES string of the molecule is O=C(C(c1ccccc1)N1CCCCC1)N1CCc2c(cnc3n[nH]c(Br)c23)C1. The van der Waals surface area contributed by atoms with Gasteiger partial charge >= 0.3 is 0 Å². The molecule has 0 bridgehead atoms. The van der Waals surface area contributed by atoms with Crippen LogP contribution in [0.1, 0.15) is 42.0 Å². The summed E-state index contributed by atoms with van der Waals surface area (Å²) in [4.78, 5) is 22.6. The van der Waals surface area contributed by atoms with E-state index in [1.54, 1.807) is 0 Å². The van der Waals surface area contributed by atoms with Crippen LogP contribution in [-0.4, -0.2) is 50.5 Å². The maximum absolute atomic E-state index is 13.7. The van der Waals surface area contributed by atoms with Crippen molar-refractivity contribution in [1.82, 2.24) is 25.0 Å². The Hall–Kier alpha value is -2.25. The topological polar surface area (TPSA) is 65.1 Å². The van der Waals surface area contributed by atoms with Gasteiger partial charge in [0.25, 0.3) is 0 Å². The van der Waals surface area contributed by atoms with Crippen molar-refractivity contribution in [2.24, 2.45) is 0 Å². The van der Waals surface area contributed by atoms with Gasteiger partial charge in [0, 0.05) is 19.3 Å². The third-order valence-corrected chi connectivity index (χ3v) is 6.72. The number of halogens is 1. The molecule has 3 aromatic rings. The Morgan fingerprint density at radius 3 is 2.69 bits per heavy atom. The number of H-pyrrole nitrogens is 1. The predicted octanol–water partition coefficient (Wildman–Crippen LogP) is 3.83. The number of nitrogens with one attached hydrogen (secondary N) is 1. The number of nitrogens with zero attached hydrogens (tertiary/aromatic N) is 4. The largest absolute Gasteiger partial charge is 0.336 e. The zero-order valence-corrected chi connectivity index (χ0v) is 17.9. The Morgan fingerprint density at radius 1 is 1.10 bits per heavy atom. The number of benzene rings is 1. The first kappa shape index (κ1) is 18.8. The van der Waals surface area contributed by atoms with Crippen molar-refractivity contribution in [2.45, 2.75) is 38.3 Å². The fraction of sp³-hybridized carbons (Fsp3) is 0.409. The van der Waals surface area contributed by atoms with Crippen LogP contribution in [0.5, 0.6) is 0 Å². The van der Waals surface area contributed by atoms with Gasteiger partial charge in [-0.25, -0.2) is 4.98 Å². The molecule has 0 spiro atoms. The molecule has 0 saturated carbocycles. The molecule has 150 valence electrons. The number of aromatic nitrogens is 3. The van der Waals surface area contributed by atoms with Gasteiger partial charge in [0.05, 0.1) is 5.39 Å². The summed E-state index contributed by atoms with van der Waals surface area (Å²) in [5.41, 5.74) is 4.18. The van der Waals surface area contributed by atoms with Crippen molar-refractivity contribution < 1.29 is 4.79 Å². The fourth-order valence-corrected chi connectivity index (χ4v) is 5.19. The van der Waals surface area contributed by atoms with Gasteiger partial charge in [-0.1, -0.05) is 36.8 Å². The lowest BCUT2D eigenvalue weighted by atomic mass is 9.96. The highest BCUT2D eigenvalue weighted by atomic mass is 79.9. The van der Waals surface area contributed by atoms with Crippen LogP contribution in [0.2, 0.25) is 0 Å². The Kier molecular flexibility index (Phi) is 5.09. The van der Waals surface area contributed by atoms with Gasteiger partial charge in [-0.3, -0.25) is 14.8 Å². The van der Waals surface area contributed by atoms with Crippen LogP contribution in [0, 0.1) is 0 Å². The zero-order valence-electron chi connectivity index (χ0n) is 16.3. The van der Waals surface area contributed by atoms with E-state index in [-0.39, 0.29) is 11.9 Å². The van der Waals surface area contributed by atoms with Crippen molar-refractivity contribution in [2.75, 3.05) is 19.6 Å². The molecule has 2 aromatic heterocycles. The maximum atomic E-state index is 13.7. The summed E-state index contributed by atoms with van der Waals surface area (Å²) in [7, 11) is 0. The number of hydrogen-bond acceptors (Lipinski definition) is 4. The summed E-state index contributed by atoms with van der Waals surface area (Å²) >= 11 is 3.55. The number of carbonyl (C=O) groups excluding carboxylic acids is 1. The van der Waals surface area contributed by atoms with E-state index in [4.69, 9.17) is 0 Å². The molecule has 1 fully saturated rings. The normalized spacial score (nSPS) is 18.6. The van der Waals surface area contributed by atoms with Crippen LogP contribution in [0.25, 0.3) is 11.0 Å². The molecule has 1 aromatic carbocycles. The van der Waals surface area contributed by atoms with Gasteiger partial charge < -0.3 is 4.90 Å². The first-order valence-electron chi connectivity index (χ1n) is 10.3. The second kappa shape index (κ2) is 7.88. The van der Waals surface area contributed by atoms with Gasteiger partial charge in [-0.15, -0.1) is 0 Å². The maximum Gasteiger partial charge on any atom is 0.244 e. The quantitative estimate of drug-likeness (QED) is 0.654. The Morgan fingerprint density at radius 2 is 1.90 bits per heavy atom. The molecule has 5 rings (SSSR count). The molecular formula is C22H24BrN5O. The van der Waals surface area contributed by atoms with E-state index in [0.29, 0.717) is 6.54 Å². The number of aromatic amines is 1. The highest BCUT2D eigenvalue weighted by Gasteiger charge is 2.34. The van der Waals surface area contributed by atoms with Crippen molar-refractivity contribution in [3.63, 3.8) is 0 Å². The van der Waals surface area contributed by atoms with Gasteiger partial charge in [0.1, 0.15) is 10.6 Å². The first-order chi connectivity index (χ1) is 14.2. The van der Waals surface area contributed by atoms with E-state index >= 15 is 0 Å². The van der Waals surface area contributed by atoms with Gasteiger partial charge in [-0.2, -0.15) is 5.10 Å². The number of hydrogen-bond donors (Lipinski definition) is 1. The Labute approximate surface area is 178 Å². The molecule has 0 radical (unpaired) electrons. The zero-order chi connectivity index (χ0) is 19.8. The minimum absolute atomic E-state index is 0.199. The van der Waals surface area contributed by atoms with E-state index in [1.807, 2.05) is 29.3 Å². The fourth-order valence-electron chi connectivity index (χ4n) is 4.69. The van der Waals surface area contributed by atoms with Crippen LogP contribution in [0.3, 0.4) is 0 Å². The second-order valence-corrected chi connectivity index (χ2v) is 8.71. The minimum Gasteiger partial charge on any atom is -0.336 e. The standard InChI is InChI=1S/C22H24BrN5O/c23-20-18-17-9-12-28(14-16(17)13-24-21(18)26-25-20)22(29)19(15-7-3-1-4-8-15)27-10-5-2-6-11-27/h1,3-4,7-8,13,19H,2,5-6,9-12,14H2,(H,24,25,26). The summed E-state index contributed by atoms with van der Waals surface area (Å²) < 4.78 is 0.868. The van der Waals surface area contributed by atoms with E-state index in [0.717, 1.165) is 65.7 Å². The molecule has 4 heterocycles. The highest BCUT2D eigenvalue weighted by Crippen LogP contribution is 2.32. The van der Waals surface area contributed by atoms with Gasteiger partial charge in [0.15, 0.2) is 5.65 Å².